The number of anilines is 1. The van der Waals surface area contributed by atoms with Gasteiger partial charge < -0.3 is 20.3 Å². The van der Waals surface area contributed by atoms with E-state index in [1.54, 1.807) is 24.6 Å². The third-order valence-corrected chi connectivity index (χ3v) is 5.83. The maximum atomic E-state index is 12.0. The SMILES string of the molecule is Nn1c(N/N=C/c2ccccc2OCc2ccc(Cl)cc2)nnc1SCC(=O)NCc1ccco1. The van der Waals surface area contributed by atoms with Crippen LogP contribution in [0.15, 0.2) is 81.6 Å². The van der Waals surface area contributed by atoms with Crippen molar-refractivity contribution >= 4 is 41.4 Å². The van der Waals surface area contributed by atoms with Crippen LogP contribution in [0.5, 0.6) is 5.75 Å². The second kappa shape index (κ2) is 12.0. The molecule has 12 heteroatoms. The van der Waals surface area contributed by atoms with Crippen molar-refractivity contribution in [3.8, 4) is 5.75 Å². The van der Waals surface area contributed by atoms with E-state index in [0.717, 1.165) is 22.9 Å². The summed E-state index contributed by atoms with van der Waals surface area (Å²) in [5, 5.41) is 15.9. The van der Waals surface area contributed by atoms with Crippen LogP contribution in [0.4, 0.5) is 5.95 Å². The van der Waals surface area contributed by atoms with E-state index in [2.05, 4.69) is 26.0 Å². The van der Waals surface area contributed by atoms with Crippen LogP contribution >= 0.6 is 23.4 Å². The number of para-hydroxylation sites is 1. The lowest BCUT2D eigenvalue weighted by molar-refractivity contribution is -0.118. The van der Waals surface area contributed by atoms with Crippen molar-refractivity contribution < 1.29 is 13.9 Å². The normalized spacial score (nSPS) is 11.0. The molecule has 0 aliphatic carbocycles. The van der Waals surface area contributed by atoms with Gasteiger partial charge in [0.15, 0.2) is 0 Å². The number of carbonyl (C=O) groups excluding carboxylic acids is 1. The molecule has 0 saturated carbocycles. The lowest BCUT2D eigenvalue weighted by Crippen LogP contribution is -2.24. The first-order valence-corrected chi connectivity index (χ1v) is 11.8. The molecule has 1 amide bonds. The Hall–Kier alpha value is -3.96. The number of hydrazone groups is 1. The zero-order chi connectivity index (χ0) is 24.5. The number of nitrogens with two attached hydrogens (primary N) is 1. The van der Waals surface area contributed by atoms with E-state index in [1.807, 2.05) is 48.5 Å². The number of ether oxygens (including phenoxy) is 1. The van der Waals surface area contributed by atoms with E-state index >= 15 is 0 Å². The van der Waals surface area contributed by atoms with Gasteiger partial charge in [0.05, 0.1) is 24.8 Å². The van der Waals surface area contributed by atoms with Gasteiger partial charge >= 0.3 is 0 Å². The van der Waals surface area contributed by atoms with Gasteiger partial charge in [-0.1, -0.05) is 47.6 Å². The van der Waals surface area contributed by atoms with Crippen molar-refractivity contribution in [2.75, 3.05) is 17.0 Å². The van der Waals surface area contributed by atoms with E-state index in [9.17, 15) is 4.79 Å². The number of thioether (sulfide) groups is 1. The van der Waals surface area contributed by atoms with E-state index in [0.29, 0.717) is 34.8 Å². The van der Waals surface area contributed by atoms with Gasteiger partial charge in [0, 0.05) is 10.6 Å². The number of nitrogen functional groups attached to an aromatic ring is 1. The molecule has 0 radical (unpaired) electrons. The average molecular weight is 512 g/mol. The first-order chi connectivity index (χ1) is 17.1. The Kier molecular flexibility index (Phi) is 8.25. The highest BCUT2D eigenvalue weighted by Crippen LogP contribution is 2.19. The summed E-state index contributed by atoms with van der Waals surface area (Å²) in [4.78, 5) is 12.0. The van der Waals surface area contributed by atoms with Crippen molar-refractivity contribution in [1.82, 2.24) is 20.2 Å². The third kappa shape index (κ3) is 7.01. The molecule has 0 aliphatic heterocycles. The number of rotatable bonds is 11. The van der Waals surface area contributed by atoms with Crippen molar-refractivity contribution in [1.29, 1.82) is 0 Å². The lowest BCUT2D eigenvalue weighted by Gasteiger charge is -2.09. The number of nitrogens with zero attached hydrogens (tertiary/aromatic N) is 4. The molecule has 0 fully saturated rings. The molecule has 0 unspecified atom stereocenters. The Bertz CT molecular complexity index is 1280. The summed E-state index contributed by atoms with van der Waals surface area (Å²) in [6, 6.07) is 18.5. The van der Waals surface area contributed by atoms with Gasteiger partial charge in [0.1, 0.15) is 18.1 Å². The van der Waals surface area contributed by atoms with Crippen LogP contribution in [-0.4, -0.2) is 32.7 Å². The van der Waals surface area contributed by atoms with E-state index in [1.165, 1.54) is 4.68 Å². The average Bonchev–Trinajstić information content (AvgIpc) is 3.52. The smallest absolute Gasteiger partial charge is 0.264 e. The maximum Gasteiger partial charge on any atom is 0.264 e. The summed E-state index contributed by atoms with van der Waals surface area (Å²) in [5.41, 5.74) is 4.52. The highest BCUT2D eigenvalue weighted by molar-refractivity contribution is 7.99. The van der Waals surface area contributed by atoms with Gasteiger partial charge in [0.25, 0.3) is 5.95 Å². The molecule has 0 saturated heterocycles. The van der Waals surface area contributed by atoms with E-state index in [-0.39, 0.29) is 17.6 Å². The molecule has 4 aromatic rings. The quantitative estimate of drug-likeness (QED) is 0.120. The predicted octanol–water partition coefficient (Wildman–Crippen LogP) is 3.67. The number of hydrogen-bond donors (Lipinski definition) is 3. The van der Waals surface area contributed by atoms with Crippen LogP contribution in [-0.2, 0) is 17.9 Å². The highest BCUT2D eigenvalue weighted by Gasteiger charge is 2.12. The zero-order valence-electron chi connectivity index (χ0n) is 18.4. The summed E-state index contributed by atoms with van der Waals surface area (Å²) >= 11 is 7.08. The second-order valence-corrected chi connectivity index (χ2v) is 8.52. The number of benzene rings is 2. The molecule has 4 N–H and O–H groups in total. The molecule has 35 heavy (non-hydrogen) atoms. The zero-order valence-corrected chi connectivity index (χ0v) is 20.0. The van der Waals surface area contributed by atoms with Crippen LogP contribution < -0.4 is 21.3 Å². The minimum atomic E-state index is -0.183. The van der Waals surface area contributed by atoms with Crippen LogP contribution in [0.25, 0.3) is 0 Å². The van der Waals surface area contributed by atoms with Gasteiger partial charge in [-0.15, -0.1) is 10.2 Å². The van der Waals surface area contributed by atoms with Crippen molar-refractivity contribution in [3.63, 3.8) is 0 Å². The summed E-state index contributed by atoms with van der Waals surface area (Å²) in [7, 11) is 0. The monoisotopic (exact) mass is 511 g/mol. The van der Waals surface area contributed by atoms with Gasteiger partial charge in [-0.25, -0.2) is 10.1 Å². The van der Waals surface area contributed by atoms with Crippen molar-refractivity contribution in [3.05, 3.63) is 88.8 Å². The predicted molar refractivity (Wildman–Crippen MR) is 135 cm³/mol. The number of aromatic nitrogens is 3. The molecule has 0 spiro atoms. The Morgan fingerprint density at radius 3 is 2.80 bits per heavy atom. The number of nitrogens with one attached hydrogen (secondary N) is 2. The molecule has 2 heterocycles. The number of amides is 1. The number of carbonyl (C=O) groups is 1. The highest BCUT2D eigenvalue weighted by atomic mass is 35.5. The van der Waals surface area contributed by atoms with Crippen LogP contribution in [0.2, 0.25) is 5.02 Å². The molecule has 2 aromatic heterocycles. The molecular weight excluding hydrogens is 490 g/mol. The number of hydrogen-bond acceptors (Lipinski definition) is 9. The fourth-order valence-corrected chi connectivity index (χ4v) is 3.66. The molecule has 10 nitrogen and oxygen atoms in total. The summed E-state index contributed by atoms with van der Waals surface area (Å²) < 4.78 is 12.3. The third-order valence-electron chi connectivity index (χ3n) is 4.63. The standard InChI is InChI=1S/C23H22ClN7O3S/c24-18-9-7-16(8-10-18)14-34-20-6-2-1-4-17(20)12-27-28-22-29-30-23(31(22)25)35-15-21(32)26-13-19-5-3-11-33-19/h1-12H,13-15,25H2,(H,26,32)(H,28,29)/b27-12+. The van der Waals surface area contributed by atoms with Crippen molar-refractivity contribution in [2.24, 2.45) is 5.10 Å². The summed E-state index contributed by atoms with van der Waals surface area (Å²) in [6.07, 6.45) is 3.15. The van der Waals surface area contributed by atoms with Crippen molar-refractivity contribution in [2.45, 2.75) is 18.3 Å². The van der Waals surface area contributed by atoms with E-state index in [4.69, 9.17) is 26.6 Å². The Balaban J connectivity index is 1.29. The maximum absolute atomic E-state index is 12.0. The first-order valence-electron chi connectivity index (χ1n) is 10.5. The molecule has 0 atom stereocenters. The number of furan rings is 1. The molecule has 4 rings (SSSR count). The Morgan fingerprint density at radius 1 is 1.17 bits per heavy atom. The van der Waals surface area contributed by atoms with E-state index < -0.39 is 0 Å². The topological polar surface area (TPSA) is 133 Å². The molecule has 0 bridgehead atoms. The fraction of sp³-hybridized carbons (Fsp3) is 0.130. The van der Waals surface area contributed by atoms with Crippen LogP contribution in [0.3, 0.4) is 0 Å². The number of halogens is 1. The molecule has 0 aliphatic rings. The minimum Gasteiger partial charge on any atom is -0.488 e. The Morgan fingerprint density at radius 2 is 2.00 bits per heavy atom. The lowest BCUT2D eigenvalue weighted by atomic mass is 10.2. The van der Waals surface area contributed by atoms with Gasteiger partial charge in [-0.3, -0.25) is 4.79 Å². The minimum absolute atomic E-state index is 0.123. The largest absolute Gasteiger partial charge is 0.488 e. The van der Waals surface area contributed by atoms with Gasteiger partial charge in [-0.2, -0.15) is 5.10 Å². The molecule has 2 aromatic carbocycles. The summed E-state index contributed by atoms with van der Waals surface area (Å²) in [5.74, 6) is 7.53. The van der Waals surface area contributed by atoms with Gasteiger partial charge in [0.2, 0.25) is 11.1 Å². The van der Waals surface area contributed by atoms with Gasteiger partial charge in [-0.05, 0) is 42.0 Å². The fourth-order valence-electron chi connectivity index (χ4n) is 2.85. The first kappa shape index (κ1) is 24.2. The second-order valence-electron chi connectivity index (χ2n) is 7.14. The summed E-state index contributed by atoms with van der Waals surface area (Å²) in [6.45, 7) is 0.705. The molecule has 180 valence electrons. The molecular formula is C23H22ClN7O3S. The van der Waals surface area contributed by atoms with Crippen LogP contribution in [0.1, 0.15) is 16.9 Å². The Labute approximate surface area is 210 Å². The van der Waals surface area contributed by atoms with Crippen LogP contribution in [0, 0.1) is 0 Å².